The Bertz CT molecular complexity index is 530. The molecular formula is C14H20N4. The fourth-order valence-electron chi connectivity index (χ4n) is 2.03. The second kappa shape index (κ2) is 5.31. The number of aryl methyl sites for hydroxylation is 1. The van der Waals surface area contributed by atoms with E-state index in [2.05, 4.69) is 60.7 Å². The number of benzene rings is 1. The van der Waals surface area contributed by atoms with Gasteiger partial charge in [-0.1, -0.05) is 24.3 Å². The summed E-state index contributed by atoms with van der Waals surface area (Å²) in [5.74, 6) is 0. The van der Waals surface area contributed by atoms with Crippen LogP contribution in [0.3, 0.4) is 0 Å². The number of aromatic nitrogens is 3. The largest absolute Gasteiger partial charge is 0.312 e. The summed E-state index contributed by atoms with van der Waals surface area (Å²) in [5.41, 5.74) is 4.48. The van der Waals surface area contributed by atoms with E-state index in [1.165, 1.54) is 5.56 Å². The molecule has 1 aromatic heterocycles. The van der Waals surface area contributed by atoms with Crippen molar-refractivity contribution in [2.75, 3.05) is 7.05 Å². The number of rotatable bonds is 4. The van der Waals surface area contributed by atoms with Crippen molar-refractivity contribution >= 4 is 0 Å². The van der Waals surface area contributed by atoms with Crippen LogP contribution in [0.15, 0.2) is 24.3 Å². The highest BCUT2D eigenvalue weighted by Gasteiger charge is 2.14. The van der Waals surface area contributed by atoms with Gasteiger partial charge < -0.3 is 5.32 Å². The van der Waals surface area contributed by atoms with E-state index in [9.17, 15) is 0 Å². The predicted octanol–water partition coefficient (Wildman–Crippen LogP) is 2.42. The first-order valence-corrected chi connectivity index (χ1v) is 6.36. The normalized spacial score (nSPS) is 12.7. The molecule has 1 aromatic carbocycles. The highest BCUT2D eigenvalue weighted by molar-refractivity contribution is 5.37. The number of hydrogen-bond acceptors (Lipinski definition) is 3. The molecule has 1 heterocycles. The van der Waals surface area contributed by atoms with E-state index in [1.54, 1.807) is 0 Å². The fraction of sp³-hybridized carbons (Fsp3) is 0.429. The maximum Gasteiger partial charge on any atom is 0.103 e. The number of nitrogens with one attached hydrogen (secondary N) is 1. The molecular weight excluding hydrogens is 224 g/mol. The molecule has 0 aliphatic heterocycles. The van der Waals surface area contributed by atoms with E-state index in [4.69, 9.17) is 0 Å². The molecule has 2 aromatic rings. The lowest BCUT2D eigenvalue weighted by molar-refractivity contribution is 0.627. The van der Waals surface area contributed by atoms with Gasteiger partial charge in [0.2, 0.25) is 0 Å². The van der Waals surface area contributed by atoms with Gasteiger partial charge in [0, 0.05) is 0 Å². The summed E-state index contributed by atoms with van der Waals surface area (Å²) in [4.78, 5) is 0. The van der Waals surface area contributed by atoms with Crippen molar-refractivity contribution in [1.29, 1.82) is 0 Å². The SMILES string of the molecule is CCc1cccc(-n2nnc(C(C)NC)c2C)c1. The van der Waals surface area contributed by atoms with Gasteiger partial charge in [0.05, 0.1) is 17.4 Å². The van der Waals surface area contributed by atoms with Gasteiger partial charge in [-0.25, -0.2) is 4.68 Å². The van der Waals surface area contributed by atoms with Crippen LogP contribution in [0.1, 0.15) is 36.8 Å². The minimum absolute atomic E-state index is 0.216. The second-order valence-electron chi connectivity index (χ2n) is 4.51. The third-order valence-electron chi connectivity index (χ3n) is 3.34. The molecule has 0 amide bonds. The van der Waals surface area contributed by atoms with E-state index in [0.29, 0.717) is 0 Å². The quantitative estimate of drug-likeness (QED) is 0.898. The summed E-state index contributed by atoms with van der Waals surface area (Å²) in [6.07, 6.45) is 1.03. The molecule has 0 aliphatic rings. The minimum Gasteiger partial charge on any atom is -0.312 e. The molecule has 1 atom stereocenters. The predicted molar refractivity (Wildman–Crippen MR) is 72.9 cm³/mol. The van der Waals surface area contributed by atoms with Gasteiger partial charge in [0.25, 0.3) is 0 Å². The molecule has 2 rings (SSSR count). The first-order valence-electron chi connectivity index (χ1n) is 6.36. The lowest BCUT2D eigenvalue weighted by atomic mass is 10.1. The van der Waals surface area contributed by atoms with Crippen molar-refractivity contribution in [3.05, 3.63) is 41.2 Å². The summed E-state index contributed by atoms with van der Waals surface area (Å²) < 4.78 is 1.91. The lowest BCUT2D eigenvalue weighted by Crippen LogP contribution is -2.14. The Morgan fingerprint density at radius 3 is 2.83 bits per heavy atom. The third-order valence-corrected chi connectivity index (χ3v) is 3.34. The summed E-state index contributed by atoms with van der Waals surface area (Å²) in [6, 6.07) is 8.64. The van der Waals surface area contributed by atoms with Crippen LogP contribution in [0.4, 0.5) is 0 Å². The highest BCUT2D eigenvalue weighted by Crippen LogP contribution is 2.18. The van der Waals surface area contributed by atoms with E-state index in [-0.39, 0.29) is 6.04 Å². The van der Waals surface area contributed by atoms with Crippen molar-refractivity contribution in [2.24, 2.45) is 0 Å². The molecule has 0 spiro atoms. The summed E-state index contributed by atoms with van der Waals surface area (Å²) >= 11 is 0. The van der Waals surface area contributed by atoms with Crippen molar-refractivity contribution < 1.29 is 0 Å². The zero-order valence-electron chi connectivity index (χ0n) is 11.4. The molecule has 0 saturated carbocycles. The van der Waals surface area contributed by atoms with Gasteiger partial charge >= 0.3 is 0 Å². The lowest BCUT2D eigenvalue weighted by Gasteiger charge is -2.09. The molecule has 18 heavy (non-hydrogen) atoms. The molecule has 0 radical (unpaired) electrons. The standard InChI is InChI=1S/C14H20N4/c1-5-12-7-6-8-13(9-12)18-11(3)14(16-17-18)10(2)15-4/h6-10,15H,5H2,1-4H3. The van der Waals surface area contributed by atoms with Crippen molar-refractivity contribution in [3.8, 4) is 5.69 Å². The number of hydrogen-bond donors (Lipinski definition) is 1. The molecule has 1 N–H and O–H groups in total. The zero-order valence-corrected chi connectivity index (χ0v) is 11.4. The van der Waals surface area contributed by atoms with Crippen LogP contribution >= 0.6 is 0 Å². The zero-order chi connectivity index (χ0) is 13.1. The summed E-state index contributed by atoms with van der Waals surface area (Å²) in [5, 5.41) is 11.7. The first-order chi connectivity index (χ1) is 8.67. The summed E-state index contributed by atoms with van der Waals surface area (Å²) in [7, 11) is 1.93. The van der Waals surface area contributed by atoms with Gasteiger partial charge in [0.15, 0.2) is 0 Å². The second-order valence-corrected chi connectivity index (χ2v) is 4.51. The maximum atomic E-state index is 4.27. The average molecular weight is 244 g/mol. The fourth-order valence-corrected chi connectivity index (χ4v) is 2.03. The molecule has 0 bridgehead atoms. The highest BCUT2D eigenvalue weighted by atomic mass is 15.4. The Kier molecular flexibility index (Phi) is 3.77. The molecule has 0 aliphatic carbocycles. The van der Waals surface area contributed by atoms with Crippen LogP contribution in [0, 0.1) is 6.92 Å². The molecule has 0 fully saturated rings. The minimum atomic E-state index is 0.216. The maximum absolute atomic E-state index is 4.27. The molecule has 96 valence electrons. The van der Waals surface area contributed by atoms with E-state index in [1.807, 2.05) is 11.7 Å². The Morgan fingerprint density at radius 2 is 2.17 bits per heavy atom. The Balaban J connectivity index is 2.42. The van der Waals surface area contributed by atoms with Crippen LogP contribution in [0.2, 0.25) is 0 Å². The van der Waals surface area contributed by atoms with Gasteiger partial charge in [-0.15, -0.1) is 5.10 Å². The van der Waals surface area contributed by atoms with Crippen molar-refractivity contribution in [2.45, 2.75) is 33.2 Å². The van der Waals surface area contributed by atoms with Gasteiger partial charge in [-0.3, -0.25) is 0 Å². The van der Waals surface area contributed by atoms with Crippen LogP contribution in [0.5, 0.6) is 0 Å². The first kappa shape index (κ1) is 12.8. The Morgan fingerprint density at radius 1 is 1.39 bits per heavy atom. The van der Waals surface area contributed by atoms with Crippen molar-refractivity contribution in [1.82, 2.24) is 20.3 Å². The van der Waals surface area contributed by atoms with Gasteiger partial charge in [-0.2, -0.15) is 0 Å². The number of nitrogens with zero attached hydrogens (tertiary/aromatic N) is 3. The third kappa shape index (κ3) is 2.29. The van der Waals surface area contributed by atoms with Crippen LogP contribution in [0.25, 0.3) is 5.69 Å². The average Bonchev–Trinajstić information content (AvgIpc) is 2.80. The molecule has 4 heteroatoms. The molecule has 0 saturated heterocycles. The Labute approximate surface area is 108 Å². The monoisotopic (exact) mass is 244 g/mol. The van der Waals surface area contributed by atoms with Gasteiger partial charge in [-0.05, 0) is 45.0 Å². The van der Waals surface area contributed by atoms with Crippen LogP contribution in [-0.4, -0.2) is 22.0 Å². The molecule has 1 unspecified atom stereocenters. The Hall–Kier alpha value is -1.68. The van der Waals surface area contributed by atoms with Gasteiger partial charge in [0.1, 0.15) is 5.69 Å². The van der Waals surface area contributed by atoms with E-state index >= 15 is 0 Å². The van der Waals surface area contributed by atoms with E-state index in [0.717, 1.165) is 23.5 Å². The summed E-state index contributed by atoms with van der Waals surface area (Å²) in [6.45, 7) is 6.30. The van der Waals surface area contributed by atoms with Crippen molar-refractivity contribution in [3.63, 3.8) is 0 Å². The van der Waals surface area contributed by atoms with Crippen LogP contribution in [-0.2, 0) is 6.42 Å². The smallest absolute Gasteiger partial charge is 0.103 e. The van der Waals surface area contributed by atoms with Crippen LogP contribution < -0.4 is 5.32 Å². The van der Waals surface area contributed by atoms with E-state index < -0.39 is 0 Å². The molecule has 4 nitrogen and oxygen atoms in total. The topological polar surface area (TPSA) is 42.7 Å².